The molecular formula is C39H50FN5O8S. The van der Waals surface area contributed by atoms with E-state index >= 15 is 0 Å². The summed E-state index contributed by atoms with van der Waals surface area (Å²) < 4.78 is 54.5. The molecule has 0 bridgehead atoms. The van der Waals surface area contributed by atoms with Crippen LogP contribution in [0.15, 0.2) is 30.4 Å². The van der Waals surface area contributed by atoms with Crippen molar-refractivity contribution in [3.63, 3.8) is 0 Å². The predicted molar refractivity (Wildman–Crippen MR) is 197 cm³/mol. The molecule has 2 aliphatic carbocycles. The molecule has 5 aliphatic rings. The van der Waals surface area contributed by atoms with Gasteiger partial charge in [-0.3, -0.25) is 19.1 Å². The van der Waals surface area contributed by atoms with Crippen LogP contribution < -0.4 is 20.1 Å². The number of hydrogen-bond donors (Lipinski definition) is 3. The molecule has 1 saturated heterocycles. The number of alkyl carbamates (subject to hydrolysis) is 1. The zero-order valence-corrected chi connectivity index (χ0v) is 32.2. The number of sulfonamides is 1. The Balaban J connectivity index is 1.23. The van der Waals surface area contributed by atoms with Gasteiger partial charge in [0.05, 0.1) is 23.6 Å². The Kier molecular flexibility index (Phi) is 9.93. The highest BCUT2D eigenvalue weighted by Gasteiger charge is 2.64. The summed E-state index contributed by atoms with van der Waals surface area (Å²) in [5.41, 5.74) is -1.06. The second-order valence-electron chi connectivity index (χ2n) is 16.5. The molecule has 2 aromatic rings. The Bertz CT molecular complexity index is 2020. The van der Waals surface area contributed by atoms with E-state index in [0.717, 1.165) is 18.4 Å². The molecule has 3 aliphatic heterocycles. The number of halogens is 1. The average Bonchev–Trinajstić information content (AvgIpc) is 4.01. The quantitative estimate of drug-likeness (QED) is 0.358. The minimum Gasteiger partial charge on any atom is -0.483 e. The number of fused-ring (bicyclic) bond motifs is 5. The lowest BCUT2D eigenvalue weighted by atomic mass is 9.87. The summed E-state index contributed by atoms with van der Waals surface area (Å²) >= 11 is 0. The smallest absolute Gasteiger partial charge is 0.407 e. The molecule has 292 valence electrons. The van der Waals surface area contributed by atoms with Crippen LogP contribution >= 0.6 is 0 Å². The average molecular weight is 768 g/mol. The molecule has 3 N–H and O–H groups in total. The number of benzene rings is 1. The van der Waals surface area contributed by atoms with E-state index in [0.29, 0.717) is 61.8 Å². The van der Waals surface area contributed by atoms with Gasteiger partial charge in [-0.05, 0) is 77.2 Å². The minimum absolute atomic E-state index is 0.00152. The standard InChI is InChI=1S/C39H50FN5O8S/c1-23(2)21-52-36(49)42-29-14-9-7-5-6-8-11-25-19-39(25,35(48)44-54(50,51)37(4)17-18-37)43-33(46)30-20-38(22-45(30)34(29)47)16-15-27-26-12-10-13-28(40)31(26)41-24(3)32(27)53-38/h8,10-13,23,25,29-30H,5-7,9,14-22H2,1-4H3,(H,42,49)(H,43,46)(H,44,48)/b11-8-/t25?,29-,30-,38+,39+/m0/s1. The minimum atomic E-state index is -4.00. The number of para-hydroxylation sites is 1. The first-order valence-corrected chi connectivity index (χ1v) is 20.6. The van der Waals surface area contributed by atoms with Crippen molar-refractivity contribution in [1.29, 1.82) is 0 Å². The molecule has 5 atom stereocenters. The molecule has 1 unspecified atom stereocenters. The second kappa shape index (κ2) is 14.1. The number of nitrogens with one attached hydrogen (secondary N) is 3. The predicted octanol–water partition coefficient (Wildman–Crippen LogP) is 4.49. The molecular weight excluding hydrogens is 718 g/mol. The van der Waals surface area contributed by atoms with Crippen LogP contribution in [-0.2, 0) is 35.6 Å². The van der Waals surface area contributed by atoms with Crippen molar-refractivity contribution >= 4 is 44.7 Å². The van der Waals surface area contributed by atoms with Gasteiger partial charge in [0.2, 0.25) is 21.8 Å². The summed E-state index contributed by atoms with van der Waals surface area (Å²) in [4.78, 5) is 62.0. The van der Waals surface area contributed by atoms with E-state index < -0.39 is 73.5 Å². The molecule has 0 radical (unpaired) electrons. The molecule has 3 fully saturated rings. The lowest BCUT2D eigenvalue weighted by molar-refractivity contribution is -0.141. The number of pyridine rings is 1. The van der Waals surface area contributed by atoms with E-state index in [1.165, 1.54) is 11.0 Å². The maximum absolute atomic E-state index is 14.8. The van der Waals surface area contributed by atoms with Crippen LogP contribution in [0.5, 0.6) is 5.75 Å². The summed E-state index contributed by atoms with van der Waals surface area (Å²) in [6.07, 6.45) is 8.23. The van der Waals surface area contributed by atoms with Crippen LogP contribution in [0.3, 0.4) is 0 Å². The molecule has 4 amide bonds. The Morgan fingerprint density at radius 3 is 2.67 bits per heavy atom. The summed E-state index contributed by atoms with van der Waals surface area (Å²) in [5.74, 6) is -2.24. The Hall–Kier alpha value is -4.27. The zero-order chi connectivity index (χ0) is 38.6. The third-order valence-corrected chi connectivity index (χ3v) is 14.0. The van der Waals surface area contributed by atoms with Crippen LogP contribution in [-0.4, -0.2) is 83.2 Å². The van der Waals surface area contributed by atoms with E-state index in [-0.39, 0.29) is 37.4 Å². The highest BCUT2D eigenvalue weighted by molar-refractivity contribution is 7.91. The molecule has 1 aromatic heterocycles. The van der Waals surface area contributed by atoms with Gasteiger partial charge in [0, 0.05) is 23.3 Å². The van der Waals surface area contributed by atoms with Crippen molar-refractivity contribution in [1.82, 2.24) is 25.2 Å². The second-order valence-corrected chi connectivity index (χ2v) is 18.7. The van der Waals surface area contributed by atoms with Crippen molar-refractivity contribution in [2.45, 2.75) is 126 Å². The molecule has 1 spiro atoms. The van der Waals surface area contributed by atoms with Gasteiger partial charge in [0.25, 0.3) is 5.91 Å². The molecule has 15 heteroatoms. The van der Waals surface area contributed by atoms with E-state index in [1.54, 1.807) is 26.0 Å². The number of rotatable bonds is 6. The summed E-state index contributed by atoms with van der Waals surface area (Å²) in [6, 6.07) is 2.65. The number of nitrogens with zero attached hydrogens (tertiary/aromatic N) is 2. The number of carbonyl (C=O) groups excluding carboxylic acids is 4. The van der Waals surface area contributed by atoms with Crippen LogP contribution in [0.1, 0.15) is 96.2 Å². The monoisotopic (exact) mass is 767 g/mol. The van der Waals surface area contributed by atoms with Gasteiger partial charge in [-0.25, -0.2) is 22.6 Å². The van der Waals surface area contributed by atoms with Crippen molar-refractivity contribution in [2.24, 2.45) is 11.8 Å². The number of aryl methyl sites for hydroxylation is 2. The van der Waals surface area contributed by atoms with Crippen LogP contribution in [0.2, 0.25) is 0 Å². The highest BCUT2D eigenvalue weighted by Crippen LogP contribution is 2.49. The molecule has 4 heterocycles. The van der Waals surface area contributed by atoms with Crippen molar-refractivity contribution in [3.8, 4) is 5.75 Å². The lowest BCUT2D eigenvalue weighted by Crippen LogP contribution is -2.58. The van der Waals surface area contributed by atoms with E-state index in [4.69, 9.17) is 9.47 Å². The zero-order valence-electron chi connectivity index (χ0n) is 31.3. The molecule has 54 heavy (non-hydrogen) atoms. The van der Waals surface area contributed by atoms with Gasteiger partial charge in [-0.2, -0.15) is 0 Å². The molecule has 7 rings (SSSR count). The van der Waals surface area contributed by atoms with Crippen LogP contribution in [0.25, 0.3) is 10.9 Å². The van der Waals surface area contributed by atoms with Gasteiger partial charge < -0.3 is 25.0 Å². The third kappa shape index (κ3) is 7.15. The normalized spacial score (nSPS) is 29.8. The Morgan fingerprint density at radius 1 is 1.15 bits per heavy atom. The number of aromatic nitrogens is 1. The number of carbonyl (C=O) groups is 4. The molecule has 13 nitrogen and oxygen atoms in total. The highest BCUT2D eigenvalue weighted by atomic mass is 32.2. The van der Waals surface area contributed by atoms with E-state index in [9.17, 15) is 32.0 Å². The van der Waals surface area contributed by atoms with Crippen molar-refractivity contribution in [2.75, 3.05) is 13.2 Å². The van der Waals surface area contributed by atoms with Crippen LogP contribution in [0, 0.1) is 24.6 Å². The van der Waals surface area contributed by atoms with Crippen LogP contribution in [0.4, 0.5) is 9.18 Å². The van der Waals surface area contributed by atoms with Gasteiger partial charge in [0.15, 0.2) is 0 Å². The number of ether oxygens (including phenoxy) is 2. The topological polar surface area (TPSA) is 173 Å². The first kappa shape index (κ1) is 38.0. The van der Waals surface area contributed by atoms with Crippen molar-refractivity contribution in [3.05, 3.63) is 47.4 Å². The SMILES string of the molecule is Cc1nc2c(F)cccc2c2c1O[C@]1(CC2)C[C@H]2C(=O)N[C@]3(C(=O)NS(=O)(=O)C4(C)CC4)CC3/C=C\CCCCC[C@H](NC(=O)OCC(C)C)C(=O)N2C1. The maximum Gasteiger partial charge on any atom is 0.407 e. The maximum atomic E-state index is 14.8. The molecule has 2 saturated carbocycles. The fraction of sp³-hybridized carbons (Fsp3) is 0.615. The largest absolute Gasteiger partial charge is 0.483 e. The van der Waals surface area contributed by atoms with Crippen molar-refractivity contribution < 1.29 is 41.5 Å². The summed E-state index contributed by atoms with van der Waals surface area (Å²) in [6.45, 7) is 7.29. The summed E-state index contributed by atoms with van der Waals surface area (Å²) in [7, 11) is -4.00. The number of allylic oxidation sites excluding steroid dienone is 1. The van der Waals surface area contributed by atoms with Gasteiger partial charge >= 0.3 is 6.09 Å². The Morgan fingerprint density at radius 2 is 1.93 bits per heavy atom. The summed E-state index contributed by atoms with van der Waals surface area (Å²) in [5, 5.41) is 6.30. The number of hydrogen-bond acceptors (Lipinski definition) is 9. The van der Waals surface area contributed by atoms with E-state index in [1.807, 2.05) is 26.0 Å². The first-order chi connectivity index (χ1) is 25.6. The fourth-order valence-electron chi connectivity index (χ4n) is 8.10. The Labute approximate surface area is 315 Å². The van der Waals surface area contributed by atoms with Gasteiger partial charge in [-0.15, -0.1) is 0 Å². The lowest BCUT2D eigenvalue weighted by Gasteiger charge is -2.36. The van der Waals surface area contributed by atoms with E-state index in [2.05, 4.69) is 20.3 Å². The van der Waals surface area contributed by atoms with Gasteiger partial charge in [-0.1, -0.05) is 51.0 Å². The van der Waals surface area contributed by atoms with Gasteiger partial charge in [0.1, 0.15) is 40.3 Å². The first-order valence-electron chi connectivity index (χ1n) is 19.1. The number of amides is 4. The fourth-order valence-corrected chi connectivity index (χ4v) is 9.41. The third-order valence-electron chi connectivity index (χ3n) is 11.8. The molecule has 1 aromatic carbocycles.